The highest BCUT2D eigenvalue weighted by Crippen LogP contribution is 2.50. The zero-order valence-corrected chi connectivity index (χ0v) is 28.4. The van der Waals surface area contributed by atoms with E-state index in [1.165, 1.54) is 24.3 Å². The van der Waals surface area contributed by atoms with Crippen LogP contribution >= 0.6 is 14.7 Å². The van der Waals surface area contributed by atoms with Gasteiger partial charge in [0, 0.05) is 21.7 Å². The normalized spacial score (nSPS) is 13.5. The molecule has 0 spiro atoms. The molecule has 0 bridgehead atoms. The molecule has 0 radical (unpaired) electrons. The maximum atomic E-state index is 13.8. The van der Waals surface area contributed by atoms with Crippen molar-refractivity contribution in [1.82, 2.24) is 0 Å². The third kappa shape index (κ3) is 8.33. The molecule has 10 nitrogen and oxygen atoms in total. The van der Waals surface area contributed by atoms with Gasteiger partial charge in [-0.1, -0.05) is 60.7 Å². The van der Waals surface area contributed by atoms with E-state index in [0.717, 1.165) is 0 Å². The van der Waals surface area contributed by atoms with Crippen LogP contribution in [0.3, 0.4) is 0 Å². The number of carbonyl (C=O) groups is 4. The summed E-state index contributed by atoms with van der Waals surface area (Å²) in [6.07, 6.45) is 0.620. The first-order valence-corrected chi connectivity index (χ1v) is 18.6. The van der Waals surface area contributed by atoms with Gasteiger partial charge in [0.1, 0.15) is 0 Å². The summed E-state index contributed by atoms with van der Waals surface area (Å²) in [5.74, 6) is -1.56. The zero-order chi connectivity index (χ0) is 34.6. The van der Waals surface area contributed by atoms with Gasteiger partial charge in [-0.05, 0) is 75.2 Å². The van der Waals surface area contributed by atoms with Crippen LogP contribution in [-0.4, -0.2) is 49.4 Å². The fourth-order valence-electron chi connectivity index (χ4n) is 4.81. The van der Waals surface area contributed by atoms with Crippen LogP contribution in [0.25, 0.3) is 0 Å². The average molecular weight is 691 g/mol. The number of ether oxygens (including phenoxy) is 2. The van der Waals surface area contributed by atoms with Gasteiger partial charge < -0.3 is 18.5 Å². The molecule has 0 N–H and O–H groups in total. The molecule has 0 aliphatic rings. The van der Waals surface area contributed by atoms with Crippen LogP contribution in [0.5, 0.6) is 0 Å². The lowest BCUT2D eigenvalue weighted by Gasteiger charge is -2.18. The maximum Gasteiger partial charge on any atom is 0.338 e. The SMILES string of the molecule is CCOP(=O)(C(=O)c1ccccc1C(=O)OCCCCOC(=O)c1ccccc1C(=O)P(=O)(OCC)c1ccccc1)c1ccccc1. The smallest absolute Gasteiger partial charge is 0.338 e. The second-order valence-corrected chi connectivity index (χ2v) is 14.9. The van der Waals surface area contributed by atoms with E-state index in [4.69, 9.17) is 18.5 Å². The minimum Gasteiger partial charge on any atom is -0.462 e. The van der Waals surface area contributed by atoms with Gasteiger partial charge in [0.2, 0.25) is 0 Å². The second-order valence-electron chi connectivity index (χ2n) is 10.3. The molecule has 0 heterocycles. The summed E-state index contributed by atoms with van der Waals surface area (Å²) in [7, 11) is -8.01. The van der Waals surface area contributed by atoms with E-state index in [2.05, 4.69) is 0 Å². The lowest BCUT2D eigenvalue weighted by atomic mass is 10.1. The second kappa shape index (κ2) is 17.1. The molecule has 0 aliphatic heterocycles. The summed E-state index contributed by atoms with van der Waals surface area (Å²) >= 11 is 0. The number of unbranched alkanes of at least 4 members (excludes halogenated alkanes) is 1. The third-order valence-electron chi connectivity index (χ3n) is 7.11. The van der Waals surface area contributed by atoms with Gasteiger partial charge in [-0.15, -0.1) is 0 Å². The highest BCUT2D eigenvalue weighted by atomic mass is 31.2. The Morgan fingerprint density at radius 2 is 0.792 bits per heavy atom. The van der Waals surface area contributed by atoms with E-state index in [9.17, 15) is 28.3 Å². The molecule has 0 fully saturated rings. The molecular weight excluding hydrogens is 654 g/mol. The molecule has 2 atom stereocenters. The van der Waals surface area contributed by atoms with E-state index < -0.39 is 37.7 Å². The molecular formula is C36H36O10P2. The van der Waals surface area contributed by atoms with Crippen molar-refractivity contribution in [2.24, 2.45) is 0 Å². The molecule has 0 saturated heterocycles. The largest absolute Gasteiger partial charge is 0.462 e. The van der Waals surface area contributed by atoms with Crippen molar-refractivity contribution in [2.75, 3.05) is 26.4 Å². The van der Waals surface area contributed by atoms with Gasteiger partial charge in [-0.25, -0.2) is 9.59 Å². The molecule has 2 unspecified atom stereocenters. The van der Waals surface area contributed by atoms with Crippen molar-refractivity contribution in [1.29, 1.82) is 0 Å². The van der Waals surface area contributed by atoms with E-state index in [-0.39, 0.29) is 59.3 Å². The van der Waals surface area contributed by atoms with Gasteiger partial charge in [0.05, 0.1) is 37.6 Å². The van der Waals surface area contributed by atoms with Gasteiger partial charge in [0.25, 0.3) is 11.0 Å². The Morgan fingerprint density at radius 1 is 0.479 bits per heavy atom. The number of esters is 2. The topological polar surface area (TPSA) is 139 Å². The standard InChI is InChI=1S/C36H36O10P2/c1-3-45-47(41,27-17-7-5-8-18-27)35(39)31-23-13-11-21-29(31)33(37)43-25-15-16-26-44-34(38)30-22-12-14-24-32(30)36(40)48(42,46-4-2)28-19-9-6-10-20-28/h5-14,17-24H,3-4,15-16,25-26H2,1-2H3. The molecule has 48 heavy (non-hydrogen) atoms. The Bertz CT molecular complexity index is 1710. The van der Waals surface area contributed by atoms with Crippen molar-refractivity contribution in [3.8, 4) is 0 Å². The first-order chi connectivity index (χ1) is 23.2. The zero-order valence-electron chi connectivity index (χ0n) is 26.6. The third-order valence-corrected chi connectivity index (χ3v) is 11.9. The van der Waals surface area contributed by atoms with Crippen LogP contribution in [0, 0.1) is 0 Å². The minimum atomic E-state index is -4.00. The fourth-order valence-corrected chi connectivity index (χ4v) is 8.70. The summed E-state index contributed by atoms with van der Waals surface area (Å²) in [6.45, 7) is 3.21. The van der Waals surface area contributed by atoms with Crippen LogP contribution in [0.2, 0.25) is 0 Å². The van der Waals surface area contributed by atoms with Gasteiger partial charge in [-0.3, -0.25) is 18.7 Å². The molecule has 4 aromatic carbocycles. The van der Waals surface area contributed by atoms with Crippen LogP contribution in [0.4, 0.5) is 0 Å². The van der Waals surface area contributed by atoms with Crippen LogP contribution in [0.1, 0.15) is 68.1 Å². The average Bonchev–Trinajstić information content (AvgIpc) is 3.13. The summed E-state index contributed by atoms with van der Waals surface area (Å²) in [4.78, 5) is 53.0. The Balaban J connectivity index is 1.35. The Labute approximate surface area is 279 Å². The van der Waals surface area contributed by atoms with Crippen molar-refractivity contribution in [3.05, 3.63) is 131 Å². The number of hydrogen-bond donors (Lipinski definition) is 0. The van der Waals surface area contributed by atoms with Crippen molar-refractivity contribution in [2.45, 2.75) is 26.7 Å². The first-order valence-electron chi connectivity index (χ1n) is 15.4. The molecule has 12 heteroatoms. The van der Waals surface area contributed by atoms with Crippen molar-refractivity contribution in [3.63, 3.8) is 0 Å². The van der Waals surface area contributed by atoms with E-state index in [0.29, 0.717) is 12.8 Å². The molecule has 0 aromatic heterocycles. The Hall–Kier alpha value is -4.46. The summed E-state index contributed by atoms with van der Waals surface area (Å²) in [6, 6.07) is 28.1. The van der Waals surface area contributed by atoms with E-state index in [1.54, 1.807) is 98.8 Å². The molecule has 0 aliphatic carbocycles. The lowest BCUT2D eigenvalue weighted by Crippen LogP contribution is -2.19. The highest BCUT2D eigenvalue weighted by Gasteiger charge is 2.39. The molecule has 0 amide bonds. The number of benzene rings is 4. The molecule has 4 aromatic rings. The summed E-state index contributed by atoms with van der Waals surface area (Å²) in [5.41, 5.74) is -1.88. The van der Waals surface area contributed by atoms with Gasteiger partial charge >= 0.3 is 26.7 Å². The quantitative estimate of drug-likeness (QED) is 0.0644. The Kier molecular flexibility index (Phi) is 13.0. The summed E-state index contributed by atoms with van der Waals surface area (Å²) < 4.78 is 49.3. The Morgan fingerprint density at radius 3 is 1.12 bits per heavy atom. The molecule has 4 rings (SSSR count). The monoisotopic (exact) mass is 690 g/mol. The summed E-state index contributed by atoms with van der Waals surface area (Å²) in [5, 5.41) is 0.446. The van der Waals surface area contributed by atoms with Gasteiger partial charge in [-0.2, -0.15) is 0 Å². The van der Waals surface area contributed by atoms with Crippen LogP contribution in [-0.2, 0) is 27.7 Å². The van der Waals surface area contributed by atoms with E-state index >= 15 is 0 Å². The first kappa shape index (κ1) is 36.4. The highest BCUT2D eigenvalue weighted by molar-refractivity contribution is 7.84. The number of carbonyl (C=O) groups excluding carboxylic acids is 4. The van der Waals surface area contributed by atoms with Crippen LogP contribution in [0.15, 0.2) is 109 Å². The van der Waals surface area contributed by atoms with Crippen LogP contribution < -0.4 is 10.6 Å². The maximum absolute atomic E-state index is 13.8. The number of rotatable bonds is 17. The van der Waals surface area contributed by atoms with Crippen molar-refractivity contribution < 1.29 is 46.8 Å². The lowest BCUT2D eigenvalue weighted by molar-refractivity contribution is 0.0431. The molecule has 250 valence electrons. The fraction of sp³-hybridized carbons (Fsp3) is 0.222. The number of hydrogen-bond acceptors (Lipinski definition) is 10. The van der Waals surface area contributed by atoms with Gasteiger partial charge in [0.15, 0.2) is 0 Å². The minimum absolute atomic E-state index is 0.0265. The predicted molar refractivity (Wildman–Crippen MR) is 182 cm³/mol. The van der Waals surface area contributed by atoms with E-state index in [1.807, 2.05) is 0 Å². The predicted octanol–water partition coefficient (Wildman–Crippen LogP) is 7.04. The molecule has 0 saturated carbocycles. The van der Waals surface area contributed by atoms with Crippen molar-refractivity contribution >= 4 is 48.3 Å².